The van der Waals surface area contributed by atoms with Crippen LogP contribution < -0.4 is 0 Å². The first-order valence-corrected chi connectivity index (χ1v) is 9.44. The zero-order chi connectivity index (χ0) is 18.8. The molecule has 2 aromatic heterocycles. The van der Waals surface area contributed by atoms with Crippen LogP contribution in [0.1, 0.15) is 5.56 Å². The van der Waals surface area contributed by atoms with E-state index in [4.69, 9.17) is 4.74 Å². The van der Waals surface area contributed by atoms with E-state index in [9.17, 15) is 4.79 Å². The maximum atomic E-state index is 11.6. The lowest BCUT2D eigenvalue weighted by molar-refractivity contribution is -0.137. The highest BCUT2D eigenvalue weighted by molar-refractivity contribution is 7.99. The molecule has 4 rings (SSSR count). The van der Waals surface area contributed by atoms with Crippen LogP contribution in [-0.4, -0.2) is 38.6 Å². The number of aryl methyl sites for hydroxylation is 1. The van der Waals surface area contributed by atoms with Gasteiger partial charge in [-0.1, -0.05) is 42.1 Å². The van der Waals surface area contributed by atoms with Crippen LogP contribution in [0.25, 0.3) is 28.0 Å². The van der Waals surface area contributed by atoms with Gasteiger partial charge in [0.2, 0.25) is 0 Å². The standard InChI is InChI=1S/C20H18N4O2S/c1-13-6-5-7-14(10-13)24-19(22-23-20(24)27-12-18(25)26-2)16-11-21-17-9-4-3-8-15(16)17/h3-11,21H,12H2,1-2H3. The fourth-order valence-corrected chi connectivity index (χ4v) is 3.76. The van der Waals surface area contributed by atoms with Crippen molar-refractivity contribution in [2.45, 2.75) is 12.1 Å². The van der Waals surface area contributed by atoms with Gasteiger partial charge >= 0.3 is 5.97 Å². The van der Waals surface area contributed by atoms with E-state index in [1.807, 2.05) is 54.1 Å². The minimum Gasteiger partial charge on any atom is -0.468 e. The SMILES string of the molecule is COC(=O)CSc1nnc(-c2c[nH]c3ccccc23)n1-c1cccc(C)c1. The number of benzene rings is 2. The molecule has 0 fully saturated rings. The van der Waals surface area contributed by atoms with E-state index >= 15 is 0 Å². The smallest absolute Gasteiger partial charge is 0.316 e. The summed E-state index contributed by atoms with van der Waals surface area (Å²) in [5, 5.41) is 10.5. The van der Waals surface area contributed by atoms with Gasteiger partial charge in [0.25, 0.3) is 0 Å². The van der Waals surface area contributed by atoms with Gasteiger partial charge in [-0.2, -0.15) is 0 Å². The van der Waals surface area contributed by atoms with Crippen molar-refractivity contribution in [3.05, 3.63) is 60.3 Å². The summed E-state index contributed by atoms with van der Waals surface area (Å²) in [6, 6.07) is 16.2. The van der Waals surface area contributed by atoms with E-state index in [2.05, 4.69) is 27.3 Å². The predicted molar refractivity (Wildman–Crippen MR) is 106 cm³/mol. The number of esters is 1. The van der Waals surface area contributed by atoms with E-state index in [0.717, 1.165) is 33.5 Å². The Morgan fingerprint density at radius 2 is 2.04 bits per heavy atom. The average molecular weight is 378 g/mol. The average Bonchev–Trinajstić information content (AvgIpc) is 3.29. The Hall–Kier alpha value is -3.06. The summed E-state index contributed by atoms with van der Waals surface area (Å²) >= 11 is 1.31. The number of rotatable bonds is 5. The first kappa shape index (κ1) is 17.4. The molecule has 0 aliphatic carbocycles. The molecule has 1 N–H and O–H groups in total. The lowest BCUT2D eigenvalue weighted by atomic mass is 10.1. The monoisotopic (exact) mass is 378 g/mol. The van der Waals surface area contributed by atoms with Gasteiger partial charge in [-0.15, -0.1) is 10.2 Å². The number of aromatic amines is 1. The molecule has 0 saturated carbocycles. The Morgan fingerprint density at radius 3 is 2.85 bits per heavy atom. The second-order valence-corrected chi connectivity index (χ2v) is 7.04. The molecule has 0 aliphatic heterocycles. The van der Waals surface area contributed by atoms with Crippen LogP contribution in [-0.2, 0) is 9.53 Å². The number of H-pyrrole nitrogens is 1. The van der Waals surface area contributed by atoms with E-state index in [1.165, 1.54) is 18.9 Å². The molecule has 0 spiro atoms. The third kappa shape index (κ3) is 3.33. The van der Waals surface area contributed by atoms with Gasteiger partial charge in [-0.05, 0) is 30.7 Å². The number of fused-ring (bicyclic) bond motifs is 1. The second-order valence-electron chi connectivity index (χ2n) is 6.09. The topological polar surface area (TPSA) is 72.8 Å². The second kappa shape index (κ2) is 7.28. The number of carbonyl (C=O) groups excluding carboxylic acids is 1. The predicted octanol–water partition coefficient (Wildman–Crippen LogP) is 3.99. The number of thioether (sulfide) groups is 1. The Balaban J connectivity index is 1.86. The first-order chi connectivity index (χ1) is 13.2. The first-order valence-electron chi connectivity index (χ1n) is 8.46. The Bertz CT molecular complexity index is 1120. The molecule has 7 heteroatoms. The number of carbonyl (C=O) groups is 1. The van der Waals surface area contributed by atoms with Crippen LogP contribution >= 0.6 is 11.8 Å². The summed E-state index contributed by atoms with van der Waals surface area (Å²) < 4.78 is 6.73. The number of ether oxygens (including phenoxy) is 1. The Morgan fingerprint density at radius 1 is 1.19 bits per heavy atom. The van der Waals surface area contributed by atoms with Crippen LogP contribution in [0.3, 0.4) is 0 Å². The van der Waals surface area contributed by atoms with Crippen LogP contribution in [0, 0.1) is 6.92 Å². The van der Waals surface area contributed by atoms with Gasteiger partial charge < -0.3 is 9.72 Å². The molecule has 0 saturated heterocycles. The molecule has 27 heavy (non-hydrogen) atoms. The third-order valence-corrected chi connectivity index (χ3v) is 5.17. The van der Waals surface area contributed by atoms with Crippen molar-refractivity contribution in [2.75, 3.05) is 12.9 Å². The number of nitrogens with one attached hydrogen (secondary N) is 1. The van der Waals surface area contributed by atoms with Crippen molar-refractivity contribution < 1.29 is 9.53 Å². The van der Waals surface area contributed by atoms with Crippen molar-refractivity contribution in [3.63, 3.8) is 0 Å². The summed E-state index contributed by atoms with van der Waals surface area (Å²) in [5.41, 5.74) is 4.09. The highest BCUT2D eigenvalue weighted by Gasteiger charge is 2.19. The molecule has 136 valence electrons. The van der Waals surface area contributed by atoms with Gasteiger partial charge in [-0.25, -0.2) is 0 Å². The lowest BCUT2D eigenvalue weighted by Gasteiger charge is -2.10. The van der Waals surface area contributed by atoms with E-state index in [0.29, 0.717) is 5.16 Å². The van der Waals surface area contributed by atoms with Crippen molar-refractivity contribution in [3.8, 4) is 17.1 Å². The van der Waals surface area contributed by atoms with Crippen molar-refractivity contribution >= 4 is 28.6 Å². The molecule has 0 atom stereocenters. The summed E-state index contributed by atoms with van der Waals surface area (Å²) in [7, 11) is 1.38. The molecule has 0 amide bonds. The van der Waals surface area contributed by atoms with E-state index < -0.39 is 0 Å². The summed E-state index contributed by atoms with van der Waals surface area (Å²) in [6.45, 7) is 2.04. The molecule has 0 aliphatic rings. The number of para-hydroxylation sites is 1. The summed E-state index contributed by atoms with van der Waals surface area (Å²) in [6.07, 6.45) is 1.94. The van der Waals surface area contributed by atoms with Crippen molar-refractivity contribution in [1.29, 1.82) is 0 Å². The van der Waals surface area contributed by atoms with Crippen LogP contribution in [0.5, 0.6) is 0 Å². The highest BCUT2D eigenvalue weighted by atomic mass is 32.2. The molecule has 4 aromatic rings. The summed E-state index contributed by atoms with van der Waals surface area (Å²) in [4.78, 5) is 14.9. The van der Waals surface area contributed by atoms with Gasteiger partial charge in [0.1, 0.15) is 0 Å². The number of hydrogen-bond acceptors (Lipinski definition) is 5. The molecule has 0 unspecified atom stereocenters. The lowest BCUT2D eigenvalue weighted by Crippen LogP contribution is -2.05. The minimum absolute atomic E-state index is 0.175. The van der Waals surface area contributed by atoms with E-state index in [-0.39, 0.29) is 11.7 Å². The highest BCUT2D eigenvalue weighted by Crippen LogP contribution is 2.32. The molecule has 2 heterocycles. The maximum absolute atomic E-state index is 11.6. The number of hydrogen-bond donors (Lipinski definition) is 1. The maximum Gasteiger partial charge on any atom is 0.316 e. The molecule has 0 radical (unpaired) electrons. The number of nitrogens with zero attached hydrogens (tertiary/aromatic N) is 3. The minimum atomic E-state index is -0.299. The Kier molecular flexibility index (Phi) is 4.68. The fourth-order valence-electron chi connectivity index (χ4n) is 2.98. The van der Waals surface area contributed by atoms with Crippen molar-refractivity contribution in [2.24, 2.45) is 0 Å². The van der Waals surface area contributed by atoms with Gasteiger partial charge in [0.05, 0.1) is 12.9 Å². The normalized spacial score (nSPS) is 11.0. The van der Waals surface area contributed by atoms with Gasteiger partial charge in [0, 0.05) is 28.4 Å². The molecular formula is C20H18N4O2S. The largest absolute Gasteiger partial charge is 0.468 e. The summed E-state index contributed by atoms with van der Waals surface area (Å²) in [5.74, 6) is 0.604. The van der Waals surface area contributed by atoms with Crippen molar-refractivity contribution in [1.82, 2.24) is 19.7 Å². The van der Waals surface area contributed by atoms with E-state index in [1.54, 1.807) is 0 Å². The van der Waals surface area contributed by atoms with Crippen LogP contribution in [0.2, 0.25) is 0 Å². The van der Waals surface area contributed by atoms with Crippen LogP contribution in [0.15, 0.2) is 59.9 Å². The molecule has 6 nitrogen and oxygen atoms in total. The third-order valence-electron chi connectivity index (χ3n) is 4.27. The molecular weight excluding hydrogens is 360 g/mol. The molecule has 0 bridgehead atoms. The Labute approximate surface area is 160 Å². The number of aromatic nitrogens is 4. The van der Waals surface area contributed by atoms with Gasteiger partial charge in [-0.3, -0.25) is 9.36 Å². The van der Waals surface area contributed by atoms with Gasteiger partial charge in [0.15, 0.2) is 11.0 Å². The molecule has 2 aromatic carbocycles. The number of methoxy groups -OCH3 is 1. The zero-order valence-electron chi connectivity index (χ0n) is 15.0. The van der Waals surface area contributed by atoms with Crippen LogP contribution in [0.4, 0.5) is 0 Å². The zero-order valence-corrected chi connectivity index (χ0v) is 15.8. The quantitative estimate of drug-likeness (QED) is 0.420. The fraction of sp³-hybridized carbons (Fsp3) is 0.150.